The van der Waals surface area contributed by atoms with Crippen LogP contribution >= 0.6 is 0 Å². The van der Waals surface area contributed by atoms with Gasteiger partial charge in [-0.25, -0.2) is 0 Å². The van der Waals surface area contributed by atoms with E-state index in [0.29, 0.717) is 25.7 Å². The Bertz CT molecular complexity index is 1510. The van der Waals surface area contributed by atoms with Crippen molar-refractivity contribution in [1.82, 2.24) is 0 Å². The molecular formula is C63H100O6. The maximum Gasteiger partial charge on any atom is 0.306 e. The molecule has 0 spiro atoms. The molecule has 0 aliphatic heterocycles. The summed E-state index contributed by atoms with van der Waals surface area (Å²) in [5, 5.41) is 0. The monoisotopic (exact) mass is 953 g/mol. The Morgan fingerprint density at radius 1 is 0.304 bits per heavy atom. The van der Waals surface area contributed by atoms with E-state index in [1.54, 1.807) is 0 Å². The van der Waals surface area contributed by atoms with Crippen molar-refractivity contribution in [1.29, 1.82) is 0 Å². The fraction of sp³-hybridized carbons (Fsp3) is 0.603. The van der Waals surface area contributed by atoms with E-state index in [0.717, 1.165) is 122 Å². The predicted octanol–water partition coefficient (Wildman–Crippen LogP) is 18.6. The van der Waals surface area contributed by atoms with Gasteiger partial charge in [0.1, 0.15) is 13.2 Å². The van der Waals surface area contributed by atoms with Crippen molar-refractivity contribution >= 4 is 17.9 Å². The van der Waals surface area contributed by atoms with E-state index >= 15 is 0 Å². The van der Waals surface area contributed by atoms with E-state index < -0.39 is 6.10 Å². The van der Waals surface area contributed by atoms with E-state index in [4.69, 9.17) is 14.2 Å². The normalized spacial score (nSPS) is 13.1. The van der Waals surface area contributed by atoms with E-state index in [1.807, 2.05) is 0 Å². The van der Waals surface area contributed by atoms with Gasteiger partial charge in [-0.2, -0.15) is 0 Å². The molecule has 6 heteroatoms. The zero-order chi connectivity index (χ0) is 50.0. The van der Waals surface area contributed by atoms with Crippen LogP contribution in [-0.4, -0.2) is 37.2 Å². The molecule has 0 aromatic carbocycles. The third-order valence-corrected chi connectivity index (χ3v) is 11.1. The van der Waals surface area contributed by atoms with Gasteiger partial charge in [-0.15, -0.1) is 0 Å². The molecule has 0 saturated carbocycles. The van der Waals surface area contributed by atoms with Crippen LogP contribution in [0.15, 0.2) is 134 Å². The first kappa shape index (κ1) is 64.5. The van der Waals surface area contributed by atoms with Gasteiger partial charge < -0.3 is 14.2 Å². The Hall–Kier alpha value is -4.45. The van der Waals surface area contributed by atoms with Gasteiger partial charge in [0.15, 0.2) is 6.10 Å². The smallest absolute Gasteiger partial charge is 0.306 e. The average Bonchev–Trinajstić information content (AvgIpc) is 3.35. The third kappa shape index (κ3) is 54.4. The topological polar surface area (TPSA) is 78.9 Å². The summed E-state index contributed by atoms with van der Waals surface area (Å²) in [5.74, 6) is -1.00. The fourth-order valence-corrected chi connectivity index (χ4v) is 7.02. The largest absolute Gasteiger partial charge is 0.462 e. The summed E-state index contributed by atoms with van der Waals surface area (Å²) in [6.07, 6.45) is 78.6. The number of rotatable bonds is 48. The lowest BCUT2D eigenvalue weighted by Crippen LogP contribution is -2.30. The van der Waals surface area contributed by atoms with Crippen LogP contribution < -0.4 is 0 Å². The molecule has 0 aromatic heterocycles. The molecule has 0 aliphatic rings. The second-order valence-corrected chi connectivity index (χ2v) is 17.7. The van der Waals surface area contributed by atoms with Gasteiger partial charge in [-0.1, -0.05) is 206 Å². The van der Waals surface area contributed by atoms with Crippen molar-refractivity contribution in [2.75, 3.05) is 13.2 Å². The van der Waals surface area contributed by atoms with E-state index in [9.17, 15) is 14.4 Å². The number of unbranched alkanes of at least 4 members (excludes halogenated alkanes) is 15. The molecule has 0 aromatic rings. The molecule has 0 unspecified atom stereocenters. The van der Waals surface area contributed by atoms with Crippen LogP contribution in [0.4, 0.5) is 0 Å². The van der Waals surface area contributed by atoms with Crippen LogP contribution in [0.1, 0.15) is 226 Å². The molecule has 388 valence electrons. The van der Waals surface area contributed by atoms with E-state index in [2.05, 4.69) is 154 Å². The predicted molar refractivity (Wildman–Crippen MR) is 297 cm³/mol. The van der Waals surface area contributed by atoms with Crippen LogP contribution in [0, 0.1) is 0 Å². The summed E-state index contributed by atoms with van der Waals surface area (Å²) in [6, 6.07) is 0. The van der Waals surface area contributed by atoms with Gasteiger partial charge in [0, 0.05) is 19.3 Å². The van der Waals surface area contributed by atoms with Crippen molar-refractivity contribution < 1.29 is 28.6 Å². The molecule has 0 radical (unpaired) electrons. The Labute approximate surface area is 424 Å². The molecule has 0 aliphatic carbocycles. The van der Waals surface area contributed by atoms with Crippen molar-refractivity contribution in [2.24, 2.45) is 0 Å². The third-order valence-electron chi connectivity index (χ3n) is 11.1. The Morgan fingerprint density at radius 2 is 0.565 bits per heavy atom. The number of hydrogen-bond donors (Lipinski definition) is 0. The fourth-order valence-electron chi connectivity index (χ4n) is 7.02. The van der Waals surface area contributed by atoms with Gasteiger partial charge in [-0.05, 0) is 135 Å². The molecule has 69 heavy (non-hydrogen) atoms. The number of carbonyl (C=O) groups excluding carboxylic acids is 3. The van der Waals surface area contributed by atoms with Crippen molar-refractivity contribution in [2.45, 2.75) is 232 Å². The zero-order valence-electron chi connectivity index (χ0n) is 44.3. The minimum atomic E-state index is -0.821. The Kier molecular flexibility index (Phi) is 52.5. The molecule has 6 nitrogen and oxygen atoms in total. The van der Waals surface area contributed by atoms with Gasteiger partial charge in [-0.3, -0.25) is 14.4 Å². The van der Waals surface area contributed by atoms with Crippen molar-refractivity contribution in [3.63, 3.8) is 0 Å². The van der Waals surface area contributed by atoms with Crippen molar-refractivity contribution in [3.8, 4) is 0 Å². The Balaban J connectivity index is 4.55. The molecule has 0 N–H and O–H groups in total. The van der Waals surface area contributed by atoms with E-state index in [1.165, 1.54) is 51.4 Å². The molecule has 0 amide bonds. The molecule has 0 fully saturated rings. The summed E-state index contributed by atoms with van der Waals surface area (Å²) >= 11 is 0. The number of esters is 3. The molecular weight excluding hydrogens is 853 g/mol. The second-order valence-electron chi connectivity index (χ2n) is 17.7. The lowest BCUT2D eigenvalue weighted by atomic mass is 10.1. The van der Waals surface area contributed by atoms with Crippen LogP contribution in [0.25, 0.3) is 0 Å². The molecule has 0 saturated heterocycles. The molecule has 0 rings (SSSR count). The summed E-state index contributed by atoms with van der Waals surface area (Å²) in [6.45, 7) is 6.30. The summed E-state index contributed by atoms with van der Waals surface area (Å²) in [7, 11) is 0. The minimum absolute atomic E-state index is 0.114. The van der Waals surface area contributed by atoms with E-state index in [-0.39, 0.29) is 37.5 Å². The maximum atomic E-state index is 12.8. The number of ether oxygens (including phenoxy) is 3. The highest BCUT2D eigenvalue weighted by atomic mass is 16.6. The zero-order valence-corrected chi connectivity index (χ0v) is 44.3. The summed E-state index contributed by atoms with van der Waals surface area (Å²) in [4.78, 5) is 38.1. The molecule has 0 bridgehead atoms. The maximum absolute atomic E-state index is 12.8. The lowest BCUT2D eigenvalue weighted by molar-refractivity contribution is -0.167. The number of hydrogen-bond acceptors (Lipinski definition) is 6. The lowest BCUT2D eigenvalue weighted by Gasteiger charge is -2.18. The van der Waals surface area contributed by atoms with Gasteiger partial charge in [0.2, 0.25) is 0 Å². The first-order chi connectivity index (χ1) is 34.0. The highest BCUT2D eigenvalue weighted by Gasteiger charge is 2.19. The quantitative estimate of drug-likeness (QED) is 0.0262. The Morgan fingerprint density at radius 3 is 0.928 bits per heavy atom. The van der Waals surface area contributed by atoms with Gasteiger partial charge >= 0.3 is 17.9 Å². The van der Waals surface area contributed by atoms with Crippen LogP contribution in [0.5, 0.6) is 0 Å². The SMILES string of the molecule is CC/C=C\C/C=C\C/C=C\C/C=C\C/C=C\CCCCCC(=O)O[C@H](COC(=O)CCCC/C=C\C/C=C\C/C=C\C/C=C\CC)COC(=O)CCCCCCCCC/C=C\C/C=C\CCCCC. The first-order valence-electron chi connectivity index (χ1n) is 27.7. The molecule has 1 atom stereocenters. The first-order valence-corrected chi connectivity index (χ1v) is 27.7. The van der Waals surface area contributed by atoms with Crippen LogP contribution in [0.2, 0.25) is 0 Å². The van der Waals surface area contributed by atoms with Crippen LogP contribution in [0.3, 0.4) is 0 Å². The van der Waals surface area contributed by atoms with Gasteiger partial charge in [0.25, 0.3) is 0 Å². The highest BCUT2D eigenvalue weighted by Crippen LogP contribution is 2.13. The number of allylic oxidation sites excluding steroid dienone is 22. The average molecular weight is 953 g/mol. The molecule has 0 heterocycles. The van der Waals surface area contributed by atoms with Gasteiger partial charge in [0.05, 0.1) is 0 Å². The standard InChI is InChI=1S/C63H100O6/c1-4-7-10-13-16-19-22-25-28-30-31-33-36-39-42-45-48-51-54-57-63(66)69-60(58-67-61(64)55-52-49-46-43-40-37-34-27-24-21-18-15-12-9-6-3)59-68-62(65)56-53-50-47-44-41-38-35-32-29-26-23-20-17-14-11-8-5-2/h7,9-10,12,16-21,25-29,31,33-34,39-40,42-43,60H,4-6,8,11,13-15,22-24,30,32,35-38,41,44-59H2,1-3H3/b10-7-,12-9-,19-16-,20-17-,21-18-,28-25-,29-26-,33-31-,34-27-,42-39-,43-40-/t60-/m1/s1. The summed E-state index contributed by atoms with van der Waals surface area (Å²) < 4.78 is 16.8. The highest BCUT2D eigenvalue weighted by molar-refractivity contribution is 5.71. The summed E-state index contributed by atoms with van der Waals surface area (Å²) in [5.41, 5.74) is 0. The minimum Gasteiger partial charge on any atom is -0.462 e. The second kappa shape index (κ2) is 56.1. The van der Waals surface area contributed by atoms with Crippen molar-refractivity contribution in [3.05, 3.63) is 134 Å². The van der Waals surface area contributed by atoms with Crippen LogP contribution in [-0.2, 0) is 28.6 Å². The number of carbonyl (C=O) groups is 3.